The normalized spacial score (nSPS) is 20.3. The van der Waals surface area contributed by atoms with Crippen molar-refractivity contribution in [3.05, 3.63) is 100 Å². The molecule has 0 amide bonds. The lowest BCUT2D eigenvalue weighted by Gasteiger charge is -2.30. The second kappa shape index (κ2) is 8.45. The number of hydrogen-bond donors (Lipinski definition) is 2. The minimum absolute atomic E-state index is 0.140. The van der Waals surface area contributed by atoms with Crippen molar-refractivity contribution in [1.29, 1.82) is 0 Å². The molecule has 2 N–H and O–H groups in total. The van der Waals surface area contributed by atoms with Crippen LogP contribution in [0.1, 0.15) is 35.9 Å². The molecule has 3 aromatic rings. The highest BCUT2D eigenvalue weighted by atomic mass is 35.5. The summed E-state index contributed by atoms with van der Waals surface area (Å²) in [5.74, 6) is 0.328. The van der Waals surface area contributed by atoms with Crippen LogP contribution in [0.5, 0.6) is 0 Å². The molecule has 1 heterocycles. The van der Waals surface area contributed by atoms with Gasteiger partial charge in [-0.3, -0.25) is 4.79 Å². The summed E-state index contributed by atoms with van der Waals surface area (Å²) < 4.78 is 0. The van der Waals surface area contributed by atoms with Gasteiger partial charge >= 0.3 is 0 Å². The third kappa shape index (κ3) is 3.98. The summed E-state index contributed by atoms with van der Waals surface area (Å²) in [5, 5.41) is 7.94. The first-order valence-electron chi connectivity index (χ1n) is 10.4. The van der Waals surface area contributed by atoms with Crippen molar-refractivity contribution < 1.29 is 4.79 Å². The van der Waals surface area contributed by atoms with Crippen molar-refractivity contribution in [2.45, 2.75) is 29.7 Å². The SMILES string of the molecule is CSc1ccc([C@@H]2Nc3ccccc3NC3=C2C(=O)C[C@@H](c2ccc(Cl)cc2)C3)cc1. The Hall–Kier alpha value is -2.69. The Kier molecular flexibility index (Phi) is 5.51. The minimum atomic E-state index is -0.180. The molecule has 2 atom stereocenters. The number of fused-ring (bicyclic) bond motifs is 1. The van der Waals surface area contributed by atoms with Gasteiger partial charge in [0.2, 0.25) is 0 Å². The summed E-state index contributed by atoms with van der Waals surface area (Å²) in [4.78, 5) is 14.7. The summed E-state index contributed by atoms with van der Waals surface area (Å²) in [7, 11) is 0. The van der Waals surface area contributed by atoms with Crippen LogP contribution < -0.4 is 10.6 Å². The zero-order valence-electron chi connectivity index (χ0n) is 17.2. The molecule has 3 nitrogen and oxygen atoms in total. The molecule has 2 aliphatic rings. The molecule has 31 heavy (non-hydrogen) atoms. The first kappa shape index (κ1) is 20.2. The molecule has 0 bridgehead atoms. The van der Waals surface area contributed by atoms with E-state index in [4.69, 9.17) is 11.6 Å². The number of carbonyl (C=O) groups excluding carboxylic acids is 1. The highest BCUT2D eigenvalue weighted by molar-refractivity contribution is 7.98. The van der Waals surface area contributed by atoms with Gasteiger partial charge in [-0.2, -0.15) is 0 Å². The van der Waals surface area contributed by atoms with Gasteiger partial charge in [0.05, 0.1) is 17.4 Å². The molecule has 0 aromatic heterocycles. The Bertz CT molecular complexity index is 1150. The fourth-order valence-electron chi connectivity index (χ4n) is 4.51. The van der Waals surface area contributed by atoms with Crippen molar-refractivity contribution >= 4 is 40.5 Å². The number of carbonyl (C=O) groups is 1. The van der Waals surface area contributed by atoms with Crippen molar-refractivity contribution in [3.8, 4) is 0 Å². The number of anilines is 2. The topological polar surface area (TPSA) is 41.1 Å². The van der Waals surface area contributed by atoms with Crippen molar-refractivity contribution in [2.24, 2.45) is 0 Å². The van der Waals surface area contributed by atoms with Crippen LogP contribution in [0.25, 0.3) is 0 Å². The van der Waals surface area contributed by atoms with E-state index in [1.54, 1.807) is 11.8 Å². The van der Waals surface area contributed by atoms with Crippen LogP contribution in [-0.4, -0.2) is 12.0 Å². The second-order valence-electron chi connectivity index (χ2n) is 7.99. The van der Waals surface area contributed by atoms with Crippen molar-refractivity contribution in [3.63, 3.8) is 0 Å². The van der Waals surface area contributed by atoms with Gasteiger partial charge in [0.25, 0.3) is 0 Å². The van der Waals surface area contributed by atoms with Crippen LogP contribution in [0, 0.1) is 0 Å². The molecule has 1 aliphatic heterocycles. The number of Topliss-reactive ketones (excluding diaryl/α,β-unsaturated/α-hetero) is 1. The number of para-hydroxylation sites is 2. The van der Waals surface area contributed by atoms with Crippen LogP contribution in [0.2, 0.25) is 5.02 Å². The van der Waals surface area contributed by atoms with Crippen molar-refractivity contribution in [2.75, 3.05) is 16.9 Å². The second-order valence-corrected chi connectivity index (χ2v) is 9.31. The number of rotatable bonds is 3. The van der Waals surface area contributed by atoms with Gasteiger partial charge < -0.3 is 10.6 Å². The molecule has 156 valence electrons. The predicted octanol–water partition coefficient (Wildman–Crippen LogP) is 7.04. The number of nitrogens with one attached hydrogen (secondary N) is 2. The maximum atomic E-state index is 13.5. The molecule has 3 aromatic carbocycles. The average Bonchev–Trinajstić information content (AvgIpc) is 2.96. The summed E-state index contributed by atoms with van der Waals surface area (Å²) in [6.07, 6.45) is 3.36. The summed E-state index contributed by atoms with van der Waals surface area (Å²) >= 11 is 7.80. The molecule has 0 unspecified atom stereocenters. The molecular weight excluding hydrogens is 424 g/mol. The third-order valence-corrected chi connectivity index (χ3v) is 7.10. The van der Waals surface area contributed by atoms with E-state index in [-0.39, 0.29) is 17.7 Å². The molecule has 5 rings (SSSR count). The Morgan fingerprint density at radius 1 is 0.871 bits per heavy atom. The number of hydrogen-bond acceptors (Lipinski definition) is 4. The van der Waals surface area contributed by atoms with E-state index >= 15 is 0 Å². The van der Waals surface area contributed by atoms with Gasteiger partial charge in [-0.25, -0.2) is 0 Å². The molecule has 0 saturated carbocycles. The quantitative estimate of drug-likeness (QED) is 0.423. The molecule has 5 heteroatoms. The number of thioether (sulfide) groups is 1. The van der Waals surface area contributed by atoms with Crippen LogP contribution in [0.15, 0.2) is 89.0 Å². The van der Waals surface area contributed by atoms with E-state index in [9.17, 15) is 4.79 Å². The standard InChI is InChI=1S/C26H23ClN2OS/c1-31-20-12-8-17(9-13-20)26-25-23(28-21-4-2-3-5-22(21)29-26)14-18(15-24(25)30)16-6-10-19(27)11-7-16/h2-13,18,26,28-29H,14-15H2,1H3/t18-,26-/m0/s1. The molecule has 1 aliphatic carbocycles. The summed E-state index contributed by atoms with van der Waals surface area (Å²) in [5.41, 5.74) is 6.11. The van der Waals surface area contributed by atoms with Crippen molar-refractivity contribution in [1.82, 2.24) is 0 Å². The number of ketones is 1. The van der Waals surface area contributed by atoms with Crippen LogP contribution in [0.4, 0.5) is 11.4 Å². The Morgan fingerprint density at radius 2 is 1.55 bits per heavy atom. The van der Waals surface area contributed by atoms with E-state index in [1.807, 2.05) is 36.4 Å². The first-order chi connectivity index (χ1) is 15.1. The van der Waals surface area contributed by atoms with Gasteiger partial charge in [-0.05, 0) is 66.1 Å². The highest BCUT2D eigenvalue weighted by Crippen LogP contribution is 2.44. The molecule has 0 saturated heterocycles. The Morgan fingerprint density at radius 3 is 2.26 bits per heavy atom. The summed E-state index contributed by atoms with van der Waals surface area (Å²) in [6.45, 7) is 0. The van der Waals surface area contributed by atoms with Crippen LogP contribution in [0.3, 0.4) is 0 Å². The molecule has 0 radical (unpaired) electrons. The lowest BCUT2D eigenvalue weighted by atomic mass is 9.78. The van der Waals surface area contributed by atoms with E-state index in [1.165, 1.54) is 4.90 Å². The lowest BCUT2D eigenvalue weighted by molar-refractivity contribution is -0.116. The smallest absolute Gasteiger partial charge is 0.163 e. The maximum Gasteiger partial charge on any atom is 0.163 e. The first-order valence-corrected chi connectivity index (χ1v) is 12.0. The van der Waals surface area contributed by atoms with E-state index in [0.717, 1.165) is 40.2 Å². The van der Waals surface area contributed by atoms with Gasteiger partial charge in [-0.15, -0.1) is 11.8 Å². The number of benzene rings is 3. The minimum Gasteiger partial charge on any atom is -0.372 e. The largest absolute Gasteiger partial charge is 0.372 e. The van der Waals surface area contributed by atoms with E-state index < -0.39 is 0 Å². The fourth-order valence-corrected chi connectivity index (χ4v) is 5.04. The molecule has 0 fully saturated rings. The van der Waals surface area contributed by atoms with Crippen LogP contribution >= 0.6 is 23.4 Å². The van der Waals surface area contributed by atoms with Gasteiger partial charge in [0, 0.05) is 27.6 Å². The molecule has 0 spiro atoms. The monoisotopic (exact) mass is 446 g/mol. The molecular formula is C26H23ClN2OS. The lowest BCUT2D eigenvalue weighted by Crippen LogP contribution is -2.26. The Balaban J connectivity index is 1.58. The zero-order valence-corrected chi connectivity index (χ0v) is 18.8. The van der Waals surface area contributed by atoms with Gasteiger partial charge in [0.15, 0.2) is 5.78 Å². The summed E-state index contributed by atoms with van der Waals surface area (Å²) in [6, 6.07) is 24.3. The average molecular weight is 447 g/mol. The van der Waals surface area contributed by atoms with Gasteiger partial charge in [0.1, 0.15) is 0 Å². The number of allylic oxidation sites excluding steroid dienone is 1. The fraction of sp³-hybridized carbons (Fsp3) is 0.192. The third-order valence-electron chi connectivity index (χ3n) is 6.10. The highest BCUT2D eigenvalue weighted by Gasteiger charge is 2.36. The maximum absolute atomic E-state index is 13.5. The van der Waals surface area contributed by atoms with Crippen LogP contribution in [-0.2, 0) is 4.79 Å². The van der Waals surface area contributed by atoms with E-state index in [2.05, 4.69) is 53.3 Å². The van der Waals surface area contributed by atoms with E-state index in [0.29, 0.717) is 11.4 Å². The van der Waals surface area contributed by atoms with Gasteiger partial charge in [-0.1, -0.05) is 48.0 Å². The number of halogens is 1. The predicted molar refractivity (Wildman–Crippen MR) is 130 cm³/mol. The zero-order chi connectivity index (χ0) is 21.4. The Labute approximate surface area is 191 Å².